The summed E-state index contributed by atoms with van der Waals surface area (Å²) in [6.45, 7) is -0.150. The third-order valence-corrected chi connectivity index (χ3v) is 3.93. The summed E-state index contributed by atoms with van der Waals surface area (Å²) in [6.07, 6.45) is 3.45. The van der Waals surface area contributed by atoms with Crippen LogP contribution in [0.2, 0.25) is 0 Å². The highest BCUT2D eigenvalue weighted by Gasteiger charge is 2.26. The zero-order chi connectivity index (χ0) is 12.3. The van der Waals surface area contributed by atoms with Gasteiger partial charge in [0.05, 0.1) is 10.4 Å². The van der Waals surface area contributed by atoms with E-state index in [0.717, 1.165) is 17.7 Å². The van der Waals surface area contributed by atoms with Crippen molar-refractivity contribution in [1.82, 2.24) is 4.90 Å². The third kappa shape index (κ3) is 2.68. The molecule has 1 heterocycles. The van der Waals surface area contributed by atoms with Crippen LogP contribution in [0.4, 0.5) is 0 Å². The summed E-state index contributed by atoms with van der Waals surface area (Å²) in [5.41, 5.74) is 0.701. The molecule has 1 amide bonds. The van der Waals surface area contributed by atoms with Crippen molar-refractivity contribution in [3.63, 3.8) is 0 Å². The second-order valence-electron chi connectivity index (χ2n) is 4.16. The number of aliphatic hydroxyl groups is 1. The van der Waals surface area contributed by atoms with E-state index >= 15 is 0 Å². The Kier molecular flexibility index (Phi) is 3.82. The molecule has 0 bridgehead atoms. The van der Waals surface area contributed by atoms with E-state index < -0.39 is 0 Å². The van der Waals surface area contributed by atoms with Gasteiger partial charge in [-0.15, -0.1) is 11.3 Å². The van der Waals surface area contributed by atoms with E-state index in [1.807, 2.05) is 17.3 Å². The second kappa shape index (κ2) is 5.35. The summed E-state index contributed by atoms with van der Waals surface area (Å²) in [6, 6.07) is 2.21. The predicted molar refractivity (Wildman–Crippen MR) is 68.0 cm³/mol. The number of carbonyl (C=O) groups excluding carboxylic acids is 1. The highest BCUT2D eigenvalue weighted by atomic mass is 32.1. The summed E-state index contributed by atoms with van der Waals surface area (Å²) in [5, 5.41) is 10.4. The first-order valence-corrected chi connectivity index (χ1v) is 6.55. The van der Waals surface area contributed by atoms with Gasteiger partial charge in [0.25, 0.3) is 5.91 Å². The number of hydrogen-bond donors (Lipinski definition) is 1. The third-order valence-electron chi connectivity index (χ3n) is 3.08. The van der Waals surface area contributed by atoms with Crippen molar-refractivity contribution in [2.24, 2.45) is 0 Å². The zero-order valence-electron chi connectivity index (χ0n) is 9.77. The van der Waals surface area contributed by atoms with E-state index in [0.29, 0.717) is 11.6 Å². The first kappa shape index (κ1) is 12.2. The Morgan fingerprint density at radius 2 is 2.41 bits per heavy atom. The molecule has 1 aliphatic carbocycles. The Bertz CT molecular complexity index is 465. The van der Waals surface area contributed by atoms with Crippen LogP contribution in [0.15, 0.2) is 11.4 Å². The summed E-state index contributed by atoms with van der Waals surface area (Å²) < 4.78 is 0. The van der Waals surface area contributed by atoms with Gasteiger partial charge >= 0.3 is 0 Å². The van der Waals surface area contributed by atoms with E-state index in [4.69, 9.17) is 5.11 Å². The molecule has 1 aromatic heterocycles. The first-order valence-electron chi connectivity index (χ1n) is 5.68. The summed E-state index contributed by atoms with van der Waals surface area (Å²) in [5.74, 6) is 5.47. The molecule has 2 rings (SSSR count). The number of rotatable bonds is 2. The largest absolute Gasteiger partial charge is 0.384 e. The van der Waals surface area contributed by atoms with Gasteiger partial charge in [-0.25, -0.2) is 0 Å². The van der Waals surface area contributed by atoms with Gasteiger partial charge in [-0.1, -0.05) is 11.8 Å². The Hall–Kier alpha value is -1.31. The number of thiophene rings is 1. The molecule has 0 unspecified atom stereocenters. The minimum absolute atomic E-state index is 0.0722. The number of nitrogens with zero attached hydrogens (tertiary/aromatic N) is 1. The Balaban J connectivity index is 2.05. The Labute approximate surface area is 105 Å². The summed E-state index contributed by atoms with van der Waals surface area (Å²) >= 11 is 1.44. The van der Waals surface area contributed by atoms with Crippen LogP contribution in [0, 0.1) is 11.8 Å². The topological polar surface area (TPSA) is 40.5 Å². The molecule has 3 nitrogen and oxygen atoms in total. The molecular formula is C13H15NO2S. The van der Waals surface area contributed by atoms with Crippen LogP contribution in [0.5, 0.6) is 0 Å². The van der Waals surface area contributed by atoms with Crippen molar-refractivity contribution < 1.29 is 9.90 Å². The maximum Gasteiger partial charge on any atom is 0.254 e. The molecule has 0 radical (unpaired) electrons. The Morgan fingerprint density at radius 3 is 3.00 bits per heavy atom. The molecular weight excluding hydrogens is 234 g/mol. The molecule has 4 heteroatoms. The van der Waals surface area contributed by atoms with Crippen LogP contribution in [0.1, 0.15) is 34.5 Å². The lowest BCUT2D eigenvalue weighted by Gasteiger charge is -2.34. The second-order valence-corrected chi connectivity index (χ2v) is 5.07. The van der Waals surface area contributed by atoms with Gasteiger partial charge in [-0.05, 0) is 25.3 Å². The molecule has 0 spiro atoms. The number of aliphatic hydroxyl groups excluding tert-OH is 1. The molecule has 90 valence electrons. The Morgan fingerprint density at radius 1 is 1.65 bits per heavy atom. The van der Waals surface area contributed by atoms with E-state index in [1.54, 1.807) is 6.07 Å². The van der Waals surface area contributed by atoms with Gasteiger partial charge in [-0.3, -0.25) is 4.79 Å². The smallest absolute Gasteiger partial charge is 0.254 e. The minimum Gasteiger partial charge on any atom is -0.384 e. The van der Waals surface area contributed by atoms with E-state index in [-0.39, 0.29) is 12.5 Å². The van der Waals surface area contributed by atoms with Crippen LogP contribution in [0.25, 0.3) is 0 Å². The fourth-order valence-electron chi connectivity index (χ4n) is 1.78. The van der Waals surface area contributed by atoms with Crippen molar-refractivity contribution in [1.29, 1.82) is 0 Å². The minimum atomic E-state index is -0.150. The van der Waals surface area contributed by atoms with Gasteiger partial charge < -0.3 is 10.0 Å². The van der Waals surface area contributed by atoms with Crippen molar-refractivity contribution in [2.75, 3.05) is 13.7 Å². The molecule has 1 aromatic rings. The van der Waals surface area contributed by atoms with Gasteiger partial charge in [0.1, 0.15) is 6.61 Å². The van der Waals surface area contributed by atoms with E-state index in [2.05, 4.69) is 11.8 Å². The van der Waals surface area contributed by atoms with Gasteiger partial charge in [0.15, 0.2) is 0 Å². The fraction of sp³-hybridized carbons (Fsp3) is 0.462. The average Bonchev–Trinajstić information content (AvgIpc) is 2.71. The molecule has 17 heavy (non-hydrogen) atoms. The van der Waals surface area contributed by atoms with Crippen molar-refractivity contribution >= 4 is 17.2 Å². The SMILES string of the molecule is CN(C(=O)c1csc(C#CCO)c1)C1CCC1. The van der Waals surface area contributed by atoms with E-state index in [9.17, 15) is 4.79 Å². The maximum absolute atomic E-state index is 12.1. The molecule has 0 aromatic carbocycles. The van der Waals surface area contributed by atoms with Crippen LogP contribution in [-0.2, 0) is 0 Å². The number of amides is 1. The van der Waals surface area contributed by atoms with Gasteiger partial charge in [-0.2, -0.15) is 0 Å². The lowest BCUT2D eigenvalue weighted by atomic mass is 9.91. The lowest BCUT2D eigenvalue weighted by molar-refractivity contribution is 0.0652. The first-order chi connectivity index (χ1) is 8.22. The van der Waals surface area contributed by atoms with Crippen LogP contribution in [-0.4, -0.2) is 35.6 Å². The van der Waals surface area contributed by atoms with Crippen molar-refractivity contribution in [3.8, 4) is 11.8 Å². The standard InChI is InChI=1S/C13H15NO2S/c1-14(11-4-2-5-11)13(16)10-8-12(17-9-10)6-3-7-15/h8-9,11,15H,2,4-5,7H2,1H3. The number of hydrogen-bond acceptors (Lipinski definition) is 3. The molecule has 1 fully saturated rings. The highest BCUT2D eigenvalue weighted by molar-refractivity contribution is 7.10. The molecule has 1 aliphatic rings. The van der Waals surface area contributed by atoms with Gasteiger partial charge in [0, 0.05) is 18.5 Å². The van der Waals surface area contributed by atoms with E-state index in [1.165, 1.54) is 17.8 Å². The lowest BCUT2D eigenvalue weighted by Crippen LogP contribution is -2.41. The summed E-state index contributed by atoms with van der Waals surface area (Å²) in [7, 11) is 1.86. The van der Waals surface area contributed by atoms with Crippen LogP contribution in [0.3, 0.4) is 0 Å². The van der Waals surface area contributed by atoms with Crippen LogP contribution < -0.4 is 0 Å². The molecule has 0 atom stereocenters. The molecule has 0 aliphatic heterocycles. The predicted octanol–water partition coefficient (Wildman–Crippen LogP) is 1.72. The summed E-state index contributed by atoms with van der Waals surface area (Å²) in [4.78, 5) is 14.8. The molecule has 1 saturated carbocycles. The quantitative estimate of drug-likeness (QED) is 0.811. The molecule has 0 saturated heterocycles. The fourth-order valence-corrected chi connectivity index (χ4v) is 2.53. The van der Waals surface area contributed by atoms with Crippen LogP contribution >= 0.6 is 11.3 Å². The van der Waals surface area contributed by atoms with Gasteiger partial charge in [0.2, 0.25) is 0 Å². The molecule has 1 N–H and O–H groups in total. The maximum atomic E-state index is 12.1. The average molecular weight is 249 g/mol. The normalized spacial score (nSPS) is 14.7. The van der Waals surface area contributed by atoms with Crippen molar-refractivity contribution in [2.45, 2.75) is 25.3 Å². The van der Waals surface area contributed by atoms with Crippen molar-refractivity contribution in [3.05, 3.63) is 21.9 Å². The zero-order valence-corrected chi connectivity index (χ0v) is 10.6. The highest BCUT2D eigenvalue weighted by Crippen LogP contribution is 2.25. The number of carbonyl (C=O) groups is 1. The monoisotopic (exact) mass is 249 g/mol.